The van der Waals surface area contributed by atoms with E-state index >= 15 is 0 Å². The maximum atomic E-state index is 5.65. The van der Waals surface area contributed by atoms with Gasteiger partial charge in [-0.15, -0.1) is 0 Å². The van der Waals surface area contributed by atoms with Crippen molar-refractivity contribution in [1.82, 2.24) is 9.55 Å². The van der Waals surface area contributed by atoms with E-state index < -0.39 is 0 Å². The van der Waals surface area contributed by atoms with Crippen LogP contribution in [0.4, 0.5) is 5.69 Å². The number of rotatable bonds is 4. The van der Waals surface area contributed by atoms with Crippen molar-refractivity contribution < 1.29 is 4.74 Å². The van der Waals surface area contributed by atoms with Gasteiger partial charge in [0.1, 0.15) is 11.6 Å². The molecule has 2 N–H and O–H groups in total. The molecule has 0 saturated heterocycles. The van der Waals surface area contributed by atoms with Gasteiger partial charge in [-0.2, -0.15) is 0 Å². The lowest BCUT2D eigenvalue weighted by Crippen LogP contribution is -2.06. The van der Waals surface area contributed by atoms with E-state index in [1.54, 1.807) is 6.20 Å². The van der Waals surface area contributed by atoms with E-state index in [0.717, 1.165) is 23.7 Å². The molecule has 84 valence electrons. The van der Waals surface area contributed by atoms with Crippen molar-refractivity contribution in [3.63, 3.8) is 0 Å². The van der Waals surface area contributed by atoms with E-state index in [0.29, 0.717) is 6.61 Å². The second-order valence-corrected chi connectivity index (χ2v) is 3.63. The Morgan fingerprint density at radius 1 is 1.44 bits per heavy atom. The van der Waals surface area contributed by atoms with Crippen LogP contribution in [0.5, 0.6) is 5.75 Å². The highest BCUT2D eigenvalue weighted by Gasteiger charge is 1.99. The second kappa shape index (κ2) is 4.70. The van der Waals surface area contributed by atoms with Crippen LogP contribution < -0.4 is 10.5 Å². The lowest BCUT2D eigenvalue weighted by molar-refractivity contribution is 0.317. The van der Waals surface area contributed by atoms with Crippen LogP contribution in [0.15, 0.2) is 36.7 Å². The summed E-state index contributed by atoms with van der Waals surface area (Å²) in [7, 11) is 1.98. The van der Waals surface area contributed by atoms with Crippen molar-refractivity contribution in [1.29, 1.82) is 0 Å². The van der Waals surface area contributed by atoms with Gasteiger partial charge in [-0.1, -0.05) is 6.07 Å². The zero-order valence-electron chi connectivity index (χ0n) is 9.26. The molecule has 0 bridgehead atoms. The lowest BCUT2D eigenvalue weighted by Gasteiger charge is -2.06. The Kier molecular flexibility index (Phi) is 3.10. The van der Waals surface area contributed by atoms with Gasteiger partial charge < -0.3 is 15.0 Å². The highest BCUT2D eigenvalue weighted by atomic mass is 16.5. The summed E-state index contributed by atoms with van der Waals surface area (Å²) in [5.41, 5.74) is 6.37. The smallest absolute Gasteiger partial charge is 0.121 e. The largest absolute Gasteiger partial charge is 0.493 e. The van der Waals surface area contributed by atoms with Crippen LogP contribution in [0.3, 0.4) is 0 Å². The van der Waals surface area contributed by atoms with Crippen LogP contribution in [0.2, 0.25) is 0 Å². The van der Waals surface area contributed by atoms with Gasteiger partial charge in [0.15, 0.2) is 0 Å². The number of ether oxygens (including phenoxy) is 1. The van der Waals surface area contributed by atoms with Crippen LogP contribution in [0.1, 0.15) is 5.82 Å². The molecule has 16 heavy (non-hydrogen) atoms. The molecule has 1 aromatic heterocycles. The fourth-order valence-corrected chi connectivity index (χ4v) is 1.50. The highest BCUT2D eigenvalue weighted by Crippen LogP contribution is 2.14. The summed E-state index contributed by atoms with van der Waals surface area (Å²) in [4.78, 5) is 4.22. The standard InChI is InChI=1S/C12H15N3O/c1-15-7-6-14-12(15)5-8-16-11-4-2-3-10(13)9-11/h2-4,6-7,9H,5,8,13H2,1H3. The van der Waals surface area contributed by atoms with Gasteiger partial charge in [0, 0.05) is 37.6 Å². The lowest BCUT2D eigenvalue weighted by atomic mass is 10.3. The van der Waals surface area contributed by atoms with E-state index in [1.807, 2.05) is 42.1 Å². The van der Waals surface area contributed by atoms with Crippen LogP contribution in [-0.4, -0.2) is 16.2 Å². The number of anilines is 1. The number of benzene rings is 1. The minimum absolute atomic E-state index is 0.605. The molecule has 0 amide bonds. The first-order valence-electron chi connectivity index (χ1n) is 5.20. The van der Waals surface area contributed by atoms with E-state index in [2.05, 4.69) is 4.98 Å². The molecule has 0 saturated carbocycles. The Morgan fingerprint density at radius 2 is 2.31 bits per heavy atom. The average molecular weight is 217 g/mol. The van der Waals surface area contributed by atoms with Crippen molar-refractivity contribution in [3.05, 3.63) is 42.5 Å². The fraction of sp³-hybridized carbons (Fsp3) is 0.250. The molecular weight excluding hydrogens is 202 g/mol. The number of nitrogens with zero attached hydrogens (tertiary/aromatic N) is 2. The quantitative estimate of drug-likeness (QED) is 0.792. The van der Waals surface area contributed by atoms with Gasteiger partial charge in [-0.25, -0.2) is 4.98 Å². The Balaban J connectivity index is 1.87. The SMILES string of the molecule is Cn1ccnc1CCOc1cccc(N)c1. The number of aromatic nitrogens is 2. The molecule has 1 aromatic carbocycles. The monoisotopic (exact) mass is 217 g/mol. The topological polar surface area (TPSA) is 53.1 Å². The normalized spacial score (nSPS) is 10.3. The number of nitrogens with two attached hydrogens (primary N) is 1. The summed E-state index contributed by atoms with van der Waals surface area (Å²) in [6.45, 7) is 0.605. The van der Waals surface area contributed by atoms with Crippen LogP contribution in [-0.2, 0) is 13.5 Å². The van der Waals surface area contributed by atoms with Gasteiger partial charge in [0.05, 0.1) is 6.61 Å². The third-order valence-electron chi connectivity index (χ3n) is 2.37. The molecule has 2 rings (SSSR count). The number of hydrogen-bond donors (Lipinski definition) is 1. The predicted molar refractivity (Wildman–Crippen MR) is 63.3 cm³/mol. The molecule has 0 spiro atoms. The van der Waals surface area contributed by atoms with Crippen molar-refractivity contribution in [2.45, 2.75) is 6.42 Å². The maximum Gasteiger partial charge on any atom is 0.121 e. The van der Waals surface area contributed by atoms with Gasteiger partial charge in [-0.05, 0) is 12.1 Å². The summed E-state index contributed by atoms with van der Waals surface area (Å²) in [5, 5.41) is 0. The van der Waals surface area contributed by atoms with E-state index in [-0.39, 0.29) is 0 Å². The molecule has 0 fully saturated rings. The highest BCUT2D eigenvalue weighted by molar-refractivity contribution is 5.43. The fourth-order valence-electron chi connectivity index (χ4n) is 1.50. The predicted octanol–water partition coefficient (Wildman–Crippen LogP) is 1.62. The third kappa shape index (κ3) is 2.53. The molecule has 4 nitrogen and oxygen atoms in total. The van der Waals surface area contributed by atoms with Gasteiger partial charge >= 0.3 is 0 Å². The van der Waals surface area contributed by atoms with Gasteiger partial charge in [0.25, 0.3) is 0 Å². The molecule has 1 heterocycles. The van der Waals surface area contributed by atoms with Gasteiger partial charge in [-0.3, -0.25) is 0 Å². The molecule has 0 aliphatic rings. The zero-order chi connectivity index (χ0) is 11.4. The van der Waals surface area contributed by atoms with Gasteiger partial charge in [0.2, 0.25) is 0 Å². The van der Waals surface area contributed by atoms with Crippen molar-refractivity contribution in [3.8, 4) is 5.75 Å². The second-order valence-electron chi connectivity index (χ2n) is 3.63. The van der Waals surface area contributed by atoms with E-state index in [4.69, 9.17) is 10.5 Å². The minimum Gasteiger partial charge on any atom is -0.493 e. The minimum atomic E-state index is 0.605. The summed E-state index contributed by atoms with van der Waals surface area (Å²) < 4.78 is 7.57. The Morgan fingerprint density at radius 3 is 3.00 bits per heavy atom. The average Bonchev–Trinajstić information content (AvgIpc) is 2.65. The maximum absolute atomic E-state index is 5.65. The Labute approximate surface area is 94.7 Å². The zero-order valence-corrected chi connectivity index (χ0v) is 9.26. The molecule has 0 aliphatic heterocycles. The molecule has 0 radical (unpaired) electrons. The van der Waals surface area contributed by atoms with Crippen LogP contribution in [0.25, 0.3) is 0 Å². The number of aryl methyl sites for hydroxylation is 1. The Bertz CT molecular complexity index is 465. The summed E-state index contributed by atoms with van der Waals surface area (Å²) >= 11 is 0. The summed E-state index contributed by atoms with van der Waals surface area (Å²) in [6, 6.07) is 7.43. The first kappa shape index (κ1) is 10.5. The Hall–Kier alpha value is -1.97. The summed E-state index contributed by atoms with van der Waals surface area (Å²) in [5.74, 6) is 1.82. The number of imidazole rings is 1. The van der Waals surface area contributed by atoms with Crippen molar-refractivity contribution >= 4 is 5.69 Å². The third-order valence-corrected chi connectivity index (χ3v) is 2.37. The molecule has 0 unspecified atom stereocenters. The van der Waals surface area contributed by atoms with Crippen LogP contribution >= 0.6 is 0 Å². The molecule has 0 aliphatic carbocycles. The molecular formula is C12H15N3O. The van der Waals surface area contributed by atoms with E-state index in [9.17, 15) is 0 Å². The number of nitrogen functional groups attached to an aromatic ring is 1. The molecule has 4 heteroatoms. The van der Waals surface area contributed by atoms with E-state index in [1.165, 1.54) is 0 Å². The number of hydrogen-bond acceptors (Lipinski definition) is 3. The van der Waals surface area contributed by atoms with Crippen molar-refractivity contribution in [2.24, 2.45) is 7.05 Å². The van der Waals surface area contributed by atoms with Crippen LogP contribution in [0, 0.1) is 0 Å². The van der Waals surface area contributed by atoms with Crippen molar-refractivity contribution in [2.75, 3.05) is 12.3 Å². The first-order chi connectivity index (χ1) is 7.75. The summed E-state index contributed by atoms with van der Waals surface area (Å²) in [6.07, 6.45) is 4.50. The first-order valence-corrected chi connectivity index (χ1v) is 5.20. The molecule has 0 atom stereocenters. The molecule has 2 aromatic rings.